The van der Waals surface area contributed by atoms with Crippen LogP contribution >= 0.6 is 0 Å². The molecule has 0 aliphatic rings. The molecular weight excluding hydrogens is 170 g/mol. The van der Waals surface area contributed by atoms with Gasteiger partial charge in [-0.25, -0.2) is 0 Å². The second kappa shape index (κ2) is 6.72. The molecule has 2 aromatic rings. The van der Waals surface area contributed by atoms with Gasteiger partial charge < -0.3 is 5.32 Å². The summed E-state index contributed by atoms with van der Waals surface area (Å²) >= 11 is 0. The molecule has 0 spiro atoms. The molecule has 0 fully saturated rings. The van der Waals surface area contributed by atoms with Crippen molar-refractivity contribution in [1.82, 2.24) is 0 Å². The zero-order chi connectivity index (χ0) is 10.1. The molecule has 14 heavy (non-hydrogen) atoms. The molecule has 0 saturated heterocycles. The number of para-hydroxylation sites is 1. The predicted octanol–water partition coefficient (Wildman–Crippen LogP) is 3.41. The average molecular weight is 185 g/mol. The van der Waals surface area contributed by atoms with Gasteiger partial charge in [0, 0.05) is 12.7 Å². The highest BCUT2D eigenvalue weighted by molar-refractivity contribution is 5.41. The Labute approximate surface area is 85.4 Å². The van der Waals surface area contributed by atoms with Crippen molar-refractivity contribution in [2.45, 2.75) is 0 Å². The van der Waals surface area contributed by atoms with Gasteiger partial charge in [-0.05, 0) is 12.1 Å². The van der Waals surface area contributed by atoms with Gasteiger partial charge in [-0.2, -0.15) is 0 Å². The number of rotatable bonds is 1. The number of hydrogen-bond donors (Lipinski definition) is 1. The summed E-state index contributed by atoms with van der Waals surface area (Å²) in [6, 6.07) is 22.1. The number of anilines is 1. The van der Waals surface area contributed by atoms with Crippen molar-refractivity contribution >= 4 is 5.69 Å². The minimum atomic E-state index is 1.16. The SMILES string of the molecule is CNc1ccccc1.c1ccccc1. The second-order valence-electron chi connectivity index (χ2n) is 2.77. The van der Waals surface area contributed by atoms with Gasteiger partial charge in [0.25, 0.3) is 0 Å². The molecule has 0 saturated carbocycles. The minimum Gasteiger partial charge on any atom is -0.388 e. The molecule has 0 unspecified atom stereocenters. The largest absolute Gasteiger partial charge is 0.388 e. The molecular formula is C13H15N. The van der Waals surface area contributed by atoms with Gasteiger partial charge in [0.05, 0.1) is 0 Å². The first kappa shape index (κ1) is 10.3. The van der Waals surface area contributed by atoms with Crippen molar-refractivity contribution in [2.24, 2.45) is 0 Å². The van der Waals surface area contributed by atoms with Crippen LogP contribution in [-0.2, 0) is 0 Å². The highest BCUT2D eigenvalue weighted by atomic mass is 14.8. The number of benzene rings is 2. The van der Waals surface area contributed by atoms with Crippen LogP contribution in [0.4, 0.5) is 5.69 Å². The summed E-state index contributed by atoms with van der Waals surface area (Å²) < 4.78 is 0. The molecule has 0 amide bonds. The molecule has 0 aromatic heterocycles. The van der Waals surface area contributed by atoms with Gasteiger partial charge in [-0.3, -0.25) is 0 Å². The molecule has 1 heteroatoms. The Morgan fingerprint density at radius 1 is 0.643 bits per heavy atom. The van der Waals surface area contributed by atoms with E-state index < -0.39 is 0 Å². The van der Waals surface area contributed by atoms with Crippen LogP contribution in [-0.4, -0.2) is 7.05 Å². The third-order valence-corrected chi connectivity index (χ3v) is 1.73. The molecule has 0 radical (unpaired) electrons. The molecule has 2 aromatic carbocycles. The summed E-state index contributed by atoms with van der Waals surface area (Å²) in [5.74, 6) is 0. The van der Waals surface area contributed by atoms with E-state index in [0.29, 0.717) is 0 Å². The molecule has 0 bridgehead atoms. The van der Waals surface area contributed by atoms with E-state index in [1.165, 1.54) is 0 Å². The molecule has 0 aliphatic heterocycles. The van der Waals surface area contributed by atoms with E-state index in [-0.39, 0.29) is 0 Å². The van der Waals surface area contributed by atoms with E-state index in [2.05, 4.69) is 5.32 Å². The lowest BCUT2D eigenvalue weighted by Gasteiger charge is -1.94. The van der Waals surface area contributed by atoms with E-state index in [1.807, 2.05) is 73.8 Å². The van der Waals surface area contributed by atoms with Crippen LogP contribution < -0.4 is 5.32 Å². The van der Waals surface area contributed by atoms with Crippen LogP contribution in [0, 0.1) is 0 Å². The maximum absolute atomic E-state index is 3.03. The van der Waals surface area contributed by atoms with Crippen LogP contribution in [0.5, 0.6) is 0 Å². The molecule has 72 valence electrons. The Bertz CT molecular complexity index is 289. The quantitative estimate of drug-likeness (QED) is 0.717. The van der Waals surface area contributed by atoms with Gasteiger partial charge in [0.15, 0.2) is 0 Å². The Morgan fingerprint density at radius 3 is 1.29 bits per heavy atom. The fraction of sp³-hybridized carbons (Fsp3) is 0.0769. The predicted molar refractivity (Wildman–Crippen MR) is 62.4 cm³/mol. The molecule has 0 atom stereocenters. The summed E-state index contributed by atoms with van der Waals surface area (Å²) in [6.45, 7) is 0. The van der Waals surface area contributed by atoms with Crippen molar-refractivity contribution < 1.29 is 0 Å². The summed E-state index contributed by atoms with van der Waals surface area (Å²) in [5, 5.41) is 3.03. The fourth-order valence-electron chi connectivity index (χ4n) is 0.990. The maximum Gasteiger partial charge on any atom is 0.0337 e. The number of hydrogen-bond acceptors (Lipinski definition) is 1. The lowest BCUT2D eigenvalue weighted by Crippen LogP contribution is -1.84. The maximum atomic E-state index is 3.03. The zero-order valence-electron chi connectivity index (χ0n) is 8.35. The summed E-state index contributed by atoms with van der Waals surface area (Å²) in [6.07, 6.45) is 0. The monoisotopic (exact) mass is 185 g/mol. The Balaban J connectivity index is 0.000000146. The lowest BCUT2D eigenvalue weighted by molar-refractivity contribution is 1.51. The van der Waals surface area contributed by atoms with Crippen LogP contribution in [0.2, 0.25) is 0 Å². The molecule has 0 heterocycles. The van der Waals surface area contributed by atoms with Crippen molar-refractivity contribution in [3.63, 3.8) is 0 Å². The molecule has 0 aliphatic carbocycles. The van der Waals surface area contributed by atoms with E-state index in [9.17, 15) is 0 Å². The van der Waals surface area contributed by atoms with Crippen molar-refractivity contribution in [3.8, 4) is 0 Å². The van der Waals surface area contributed by atoms with E-state index in [0.717, 1.165) is 5.69 Å². The first-order valence-electron chi connectivity index (χ1n) is 4.66. The molecule has 2 rings (SSSR count). The Morgan fingerprint density at radius 2 is 1.00 bits per heavy atom. The molecule has 1 N–H and O–H groups in total. The average Bonchev–Trinajstić information content (AvgIpc) is 2.33. The van der Waals surface area contributed by atoms with Crippen LogP contribution in [0.1, 0.15) is 0 Å². The highest BCUT2D eigenvalue weighted by Gasteiger charge is 1.77. The fourth-order valence-corrected chi connectivity index (χ4v) is 0.990. The van der Waals surface area contributed by atoms with Crippen molar-refractivity contribution in [3.05, 3.63) is 66.7 Å². The van der Waals surface area contributed by atoms with Crippen molar-refractivity contribution in [2.75, 3.05) is 12.4 Å². The zero-order valence-corrected chi connectivity index (χ0v) is 8.35. The summed E-state index contributed by atoms with van der Waals surface area (Å²) in [4.78, 5) is 0. The van der Waals surface area contributed by atoms with Gasteiger partial charge >= 0.3 is 0 Å². The van der Waals surface area contributed by atoms with Gasteiger partial charge in [0.1, 0.15) is 0 Å². The van der Waals surface area contributed by atoms with E-state index in [1.54, 1.807) is 0 Å². The Hall–Kier alpha value is -1.76. The van der Waals surface area contributed by atoms with Crippen LogP contribution in [0.15, 0.2) is 66.7 Å². The Kier molecular flexibility index (Phi) is 4.96. The van der Waals surface area contributed by atoms with E-state index >= 15 is 0 Å². The smallest absolute Gasteiger partial charge is 0.0337 e. The highest BCUT2D eigenvalue weighted by Crippen LogP contribution is 2.01. The lowest BCUT2D eigenvalue weighted by atomic mass is 10.3. The topological polar surface area (TPSA) is 12.0 Å². The first-order chi connectivity index (χ1) is 6.93. The van der Waals surface area contributed by atoms with Crippen molar-refractivity contribution in [1.29, 1.82) is 0 Å². The third-order valence-electron chi connectivity index (χ3n) is 1.73. The minimum absolute atomic E-state index is 1.16. The summed E-state index contributed by atoms with van der Waals surface area (Å²) in [7, 11) is 1.91. The molecule has 1 nitrogen and oxygen atoms in total. The van der Waals surface area contributed by atoms with Crippen LogP contribution in [0.3, 0.4) is 0 Å². The normalized spacial score (nSPS) is 8.36. The second-order valence-corrected chi connectivity index (χ2v) is 2.77. The van der Waals surface area contributed by atoms with Gasteiger partial charge in [0.2, 0.25) is 0 Å². The number of nitrogens with one attached hydrogen (secondary N) is 1. The standard InChI is InChI=1S/C7H9N.C6H6/c1-8-7-5-3-2-4-6-7;1-2-4-6-5-3-1/h2-6,8H,1H3;1-6H. The third kappa shape index (κ3) is 4.31. The van der Waals surface area contributed by atoms with Gasteiger partial charge in [-0.15, -0.1) is 0 Å². The van der Waals surface area contributed by atoms with Gasteiger partial charge in [-0.1, -0.05) is 54.6 Å². The van der Waals surface area contributed by atoms with Crippen LogP contribution in [0.25, 0.3) is 0 Å². The van der Waals surface area contributed by atoms with E-state index in [4.69, 9.17) is 0 Å². The summed E-state index contributed by atoms with van der Waals surface area (Å²) in [5.41, 5.74) is 1.16. The first-order valence-corrected chi connectivity index (χ1v) is 4.66.